The van der Waals surface area contributed by atoms with Crippen molar-refractivity contribution in [1.82, 2.24) is 14.5 Å². The summed E-state index contributed by atoms with van der Waals surface area (Å²) >= 11 is 11.3. The highest BCUT2D eigenvalue weighted by Gasteiger charge is 2.39. The Labute approximate surface area is 110 Å². The molecule has 0 aromatic carbocycles. The summed E-state index contributed by atoms with van der Waals surface area (Å²) in [5, 5.41) is 0.641. The fourth-order valence-electron chi connectivity index (χ4n) is 2.52. The molecule has 2 atom stereocenters. The van der Waals surface area contributed by atoms with Crippen LogP contribution in [0.2, 0.25) is 5.02 Å². The average Bonchev–Trinajstić information content (AvgIpc) is 2.94. The van der Waals surface area contributed by atoms with Gasteiger partial charge in [0.1, 0.15) is 0 Å². The van der Waals surface area contributed by atoms with Gasteiger partial charge in [-0.25, -0.2) is 4.98 Å². The van der Waals surface area contributed by atoms with Crippen molar-refractivity contribution in [3.8, 4) is 0 Å². The number of aromatic amines is 1. The van der Waals surface area contributed by atoms with E-state index in [1.54, 1.807) is 6.20 Å². The molecule has 1 aliphatic carbocycles. The quantitative estimate of drug-likeness (QED) is 0.849. The van der Waals surface area contributed by atoms with Crippen molar-refractivity contribution >= 4 is 35.0 Å². The van der Waals surface area contributed by atoms with Gasteiger partial charge < -0.3 is 4.98 Å². The van der Waals surface area contributed by atoms with Crippen molar-refractivity contribution < 1.29 is 0 Å². The van der Waals surface area contributed by atoms with E-state index in [1.807, 2.05) is 6.07 Å². The molecule has 1 N–H and O–H groups in total. The highest BCUT2D eigenvalue weighted by atomic mass is 35.5. The molecule has 3 rings (SSSR count). The summed E-state index contributed by atoms with van der Waals surface area (Å²) in [6, 6.07) is 2.41. The minimum absolute atomic E-state index is 0.532. The lowest BCUT2D eigenvalue weighted by atomic mass is 10.2. The zero-order valence-corrected chi connectivity index (χ0v) is 11.2. The van der Waals surface area contributed by atoms with E-state index in [-0.39, 0.29) is 0 Å². The minimum atomic E-state index is 0.532. The van der Waals surface area contributed by atoms with Crippen molar-refractivity contribution in [1.29, 1.82) is 0 Å². The third kappa shape index (κ3) is 1.89. The molecular formula is C12H14ClN3S. The van der Waals surface area contributed by atoms with Crippen molar-refractivity contribution in [2.45, 2.75) is 32.2 Å². The molecule has 1 aliphatic rings. The summed E-state index contributed by atoms with van der Waals surface area (Å²) < 4.78 is 2.92. The number of nitrogens with one attached hydrogen (secondary N) is 1. The molecular weight excluding hydrogens is 254 g/mol. The van der Waals surface area contributed by atoms with E-state index < -0.39 is 0 Å². The molecule has 0 spiro atoms. The van der Waals surface area contributed by atoms with E-state index in [1.165, 1.54) is 19.3 Å². The lowest BCUT2D eigenvalue weighted by Crippen LogP contribution is -1.97. The number of fused-ring (bicyclic) bond motifs is 1. The summed E-state index contributed by atoms with van der Waals surface area (Å²) in [5.41, 5.74) is 1.87. The number of aromatic nitrogens is 3. The smallest absolute Gasteiger partial charge is 0.179 e. The van der Waals surface area contributed by atoms with Gasteiger partial charge in [0.25, 0.3) is 0 Å². The van der Waals surface area contributed by atoms with Gasteiger partial charge in [-0.05, 0) is 37.0 Å². The van der Waals surface area contributed by atoms with Gasteiger partial charge in [-0.2, -0.15) is 0 Å². The summed E-state index contributed by atoms with van der Waals surface area (Å²) in [7, 11) is 0. The molecule has 2 heterocycles. The van der Waals surface area contributed by atoms with E-state index in [9.17, 15) is 0 Å². The van der Waals surface area contributed by atoms with Gasteiger partial charge in [0.05, 0.1) is 10.5 Å². The van der Waals surface area contributed by atoms with Crippen molar-refractivity contribution in [3.63, 3.8) is 0 Å². The first-order chi connectivity index (χ1) is 8.20. The largest absolute Gasteiger partial charge is 0.329 e. The van der Waals surface area contributed by atoms with E-state index in [0.717, 1.165) is 21.9 Å². The molecule has 0 radical (unpaired) electrons. The normalized spacial score (nSPS) is 23.2. The van der Waals surface area contributed by atoms with Crippen LogP contribution in [0.3, 0.4) is 0 Å². The van der Waals surface area contributed by atoms with Crippen LogP contribution < -0.4 is 0 Å². The topological polar surface area (TPSA) is 33.6 Å². The molecule has 2 aromatic heterocycles. The molecule has 1 saturated carbocycles. The third-order valence-corrected chi connectivity index (χ3v) is 3.90. The molecule has 17 heavy (non-hydrogen) atoms. The zero-order chi connectivity index (χ0) is 12.0. The standard InChI is InChI=1S/C12H14ClN3S/c1-2-3-7-4-10(7)16-11-9(15-12(16)17)5-8(13)6-14-11/h5-7,10H,2-4H2,1H3,(H,15,17). The first-order valence-electron chi connectivity index (χ1n) is 5.96. The summed E-state index contributed by atoms with van der Waals surface area (Å²) in [4.78, 5) is 7.57. The van der Waals surface area contributed by atoms with Crippen LogP contribution in [-0.2, 0) is 0 Å². The molecule has 2 aromatic rings. The molecule has 0 aliphatic heterocycles. The van der Waals surface area contributed by atoms with E-state index in [0.29, 0.717) is 11.1 Å². The summed E-state index contributed by atoms with van der Waals surface area (Å²) in [6.07, 6.45) is 5.41. The van der Waals surface area contributed by atoms with E-state index >= 15 is 0 Å². The lowest BCUT2D eigenvalue weighted by molar-refractivity contribution is 0.611. The van der Waals surface area contributed by atoms with Gasteiger partial charge >= 0.3 is 0 Å². The fourth-order valence-corrected chi connectivity index (χ4v) is 3.01. The van der Waals surface area contributed by atoms with Crippen molar-refractivity contribution in [2.75, 3.05) is 0 Å². The zero-order valence-electron chi connectivity index (χ0n) is 9.61. The Hall–Kier alpha value is -0.870. The Kier molecular flexibility index (Phi) is 2.71. The van der Waals surface area contributed by atoms with Gasteiger partial charge in [0.15, 0.2) is 10.4 Å². The van der Waals surface area contributed by atoms with Crippen LogP contribution in [0, 0.1) is 10.7 Å². The fraction of sp³-hybridized carbons (Fsp3) is 0.500. The second-order valence-electron chi connectivity index (χ2n) is 4.68. The van der Waals surface area contributed by atoms with Gasteiger partial charge in [0.2, 0.25) is 0 Å². The van der Waals surface area contributed by atoms with Crippen LogP contribution in [0.5, 0.6) is 0 Å². The predicted molar refractivity (Wildman–Crippen MR) is 72.0 cm³/mol. The Morgan fingerprint density at radius 2 is 2.47 bits per heavy atom. The maximum absolute atomic E-state index is 5.93. The molecule has 90 valence electrons. The van der Waals surface area contributed by atoms with E-state index in [2.05, 4.69) is 21.5 Å². The molecule has 2 unspecified atom stereocenters. The number of halogens is 1. The lowest BCUT2D eigenvalue weighted by Gasteiger charge is -2.02. The van der Waals surface area contributed by atoms with Crippen LogP contribution in [0.15, 0.2) is 12.3 Å². The predicted octanol–water partition coefficient (Wildman–Crippen LogP) is 4.11. The second kappa shape index (κ2) is 4.10. The number of hydrogen-bond acceptors (Lipinski definition) is 2. The maximum Gasteiger partial charge on any atom is 0.179 e. The first-order valence-corrected chi connectivity index (χ1v) is 6.75. The summed E-state index contributed by atoms with van der Waals surface area (Å²) in [5.74, 6) is 0.767. The number of H-pyrrole nitrogens is 1. The summed E-state index contributed by atoms with van der Waals surface area (Å²) in [6.45, 7) is 2.22. The maximum atomic E-state index is 5.93. The Morgan fingerprint density at radius 3 is 3.24 bits per heavy atom. The van der Waals surface area contributed by atoms with Crippen LogP contribution in [0.25, 0.3) is 11.2 Å². The van der Waals surface area contributed by atoms with Crippen molar-refractivity contribution in [2.24, 2.45) is 5.92 Å². The van der Waals surface area contributed by atoms with Gasteiger partial charge in [-0.3, -0.25) is 4.57 Å². The Morgan fingerprint density at radius 1 is 1.65 bits per heavy atom. The second-order valence-corrected chi connectivity index (χ2v) is 5.50. The van der Waals surface area contributed by atoms with Crippen LogP contribution in [0.4, 0.5) is 0 Å². The number of hydrogen-bond donors (Lipinski definition) is 1. The number of rotatable bonds is 3. The molecule has 3 nitrogen and oxygen atoms in total. The monoisotopic (exact) mass is 267 g/mol. The molecule has 5 heteroatoms. The number of nitrogens with zero attached hydrogens (tertiary/aromatic N) is 2. The van der Waals surface area contributed by atoms with Gasteiger partial charge in [-0.1, -0.05) is 24.9 Å². The van der Waals surface area contributed by atoms with E-state index in [4.69, 9.17) is 23.8 Å². The SMILES string of the molecule is CCCC1CC1n1c(=S)[nH]c2cc(Cl)cnc21. The molecule has 0 saturated heterocycles. The number of pyridine rings is 1. The van der Waals surface area contributed by atoms with Crippen LogP contribution in [0.1, 0.15) is 32.2 Å². The highest BCUT2D eigenvalue weighted by Crippen LogP contribution is 2.47. The first kappa shape index (κ1) is 11.2. The molecule has 0 amide bonds. The van der Waals surface area contributed by atoms with Crippen LogP contribution >= 0.6 is 23.8 Å². The van der Waals surface area contributed by atoms with Gasteiger partial charge in [0, 0.05) is 12.2 Å². The highest BCUT2D eigenvalue weighted by molar-refractivity contribution is 7.71. The van der Waals surface area contributed by atoms with Crippen molar-refractivity contribution in [3.05, 3.63) is 22.1 Å². The minimum Gasteiger partial charge on any atom is -0.329 e. The molecule has 0 bridgehead atoms. The Bertz CT molecular complexity index is 616. The molecule has 1 fully saturated rings. The van der Waals surface area contributed by atoms with Gasteiger partial charge in [-0.15, -0.1) is 0 Å². The Balaban J connectivity index is 2.05. The third-order valence-electron chi connectivity index (χ3n) is 3.40. The van der Waals surface area contributed by atoms with Crippen LogP contribution in [-0.4, -0.2) is 14.5 Å². The number of imidazole rings is 1. The average molecular weight is 268 g/mol.